The third-order valence-electron chi connectivity index (χ3n) is 4.91. The van der Waals surface area contributed by atoms with Crippen molar-refractivity contribution < 1.29 is 14.0 Å². The quantitative estimate of drug-likeness (QED) is 0.298. The second-order valence-corrected chi connectivity index (χ2v) is 7.29. The topological polar surface area (TPSA) is 124 Å². The van der Waals surface area contributed by atoms with Crippen LogP contribution in [0.2, 0.25) is 0 Å². The van der Waals surface area contributed by atoms with Crippen LogP contribution in [0.15, 0.2) is 54.7 Å². The number of aryl methyl sites for hydroxylation is 1. The summed E-state index contributed by atoms with van der Waals surface area (Å²) in [5, 5.41) is 12.8. The predicted octanol–water partition coefficient (Wildman–Crippen LogP) is 2.85. The van der Waals surface area contributed by atoms with Crippen LogP contribution in [0.3, 0.4) is 0 Å². The second kappa shape index (κ2) is 9.25. The van der Waals surface area contributed by atoms with E-state index in [1.807, 2.05) is 0 Å². The van der Waals surface area contributed by atoms with Crippen LogP contribution in [0.25, 0.3) is 11.1 Å². The molecule has 0 fully saturated rings. The Morgan fingerprint density at radius 1 is 1.13 bits per heavy atom. The lowest BCUT2D eigenvalue weighted by molar-refractivity contribution is -0.122. The van der Waals surface area contributed by atoms with Crippen molar-refractivity contribution in [3.63, 3.8) is 0 Å². The van der Waals surface area contributed by atoms with E-state index in [2.05, 4.69) is 15.6 Å². The number of amidine groups is 1. The van der Waals surface area contributed by atoms with E-state index >= 15 is 0 Å². The Morgan fingerprint density at radius 2 is 1.84 bits per heavy atom. The summed E-state index contributed by atoms with van der Waals surface area (Å²) < 4.78 is 13.8. The molecule has 31 heavy (non-hydrogen) atoms. The summed E-state index contributed by atoms with van der Waals surface area (Å²) in [6, 6.07) is 12.7. The van der Waals surface area contributed by atoms with E-state index < -0.39 is 11.9 Å². The third kappa shape index (κ3) is 5.36. The van der Waals surface area contributed by atoms with E-state index in [9.17, 15) is 14.0 Å². The van der Waals surface area contributed by atoms with Crippen LogP contribution in [0, 0.1) is 18.2 Å². The van der Waals surface area contributed by atoms with Crippen molar-refractivity contribution in [2.75, 3.05) is 0 Å². The van der Waals surface area contributed by atoms with E-state index in [4.69, 9.17) is 11.1 Å². The molecule has 0 unspecified atom stereocenters. The lowest BCUT2D eigenvalue weighted by Gasteiger charge is -2.14. The van der Waals surface area contributed by atoms with Gasteiger partial charge in [-0.05, 0) is 42.7 Å². The number of nitrogen functional groups attached to an aromatic ring is 1. The van der Waals surface area contributed by atoms with Crippen LogP contribution in [0.5, 0.6) is 0 Å². The second-order valence-electron chi connectivity index (χ2n) is 7.29. The van der Waals surface area contributed by atoms with Gasteiger partial charge in [-0.1, -0.05) is 36.4 Å². The summed E-state index contributed by atoms with van der Waals surface area (Å²) in [5.74, 6) is -1.11. The molecule has 0 spiro atoms. The van der Waals surface area contributed by atoms with Crippen molar-refractivity contribution in [3.05, 3.63) is 82.9 Å². The molecule has 0 aliphatic carbocycles. The number of rotatable bonds is 7. The standard InChI is InChI=1S/C23H24FN5O2/c1-13-3-6-17(9-19(13)24)18-10-20(27-12-18)23(31)29-14(2)22(30)28-11-15-4-7-16(8-5-15)21(25)26/h3-10,12,14,27H,11H2,1-2H3,(H3,25,26)(H,28,30)(H,29,31)/t14-/m0/s1. The Labute approximate surface area is 179 Å². The van der Waals surface area contributed by atoms with Crippen molar-refractivity contribution in [1.82, 2.24) is 15.6 Å². The van der Waals surface area contributed by atoms with E-state index in [0.29, 0.717) is 22.3 Å². The number of hydrogen-bond donors (Lipinski definition) is 5. The van der Waals surface area contributed by atoms with Crippen molar-refractivity contribution in [1.29, 1.82) is 5.41 Å². The first-order chi connectivity index (χ1) is 14.7. The monoisotopic (exact) mass is 421 g/mol. The molecule has 160 valence electrons. The van der Waals surface area contributed by atoms with Gasteiger partial charge in [0.25, 0.3) is 5.91 Å². The highest BCUT2D eigenvalue weighted by molar-refractivity contribution is 5.97. The predicted molar refractivity (Wildman–Crippen MR) is 117 cm³/mol. The van der Waals surface area contributed by atoms with Gasteiger partial charge >= 0.3 is 0 Å². The maximum Gasteiger partial charge on any atom is 0.268 e. The van der Waals surface area contributed by atoms with Gasteiger partial charge in [0.1, 0.15) is 23.4 Å². The molecule has 0 aliphatic rings. The largest absolute Gasteiger partial charge is 0.384 e. The molecule has 1 atom stereocenters. The minimum Gasteiger partial charge on any atom is -0.384 e. The summed E-state index contributed by atoms with van der Waals surface area (Å²) in [7, 11) is 0. The smallest absolute Gasteiger partial charge is 0.268 e. The molecule has 3 aromatic rings. The van der Waals surface area contributed by atoms with E-state index in [1.165, 1.54) is 6.07 Å². The normalized spacial score (nSPS) is 11.6. The van der Waals surface area contributed by atoms with Crippen LogP contribution < -0.4 is 16.4 Å². The number of aromatic amines is 1. The minimum absolute atomic E-state index is 0.0214. The zero-order valence-electron chi connectivity index (χ0n) is 17.3. The first kappa shape index (κ1) is 21.8. The van der Waals surface area contributed by atoms with Gasteiger partial charge in [-0.2, -0.15) is 0 Å². The fraction of sp³-hybridized carbons (Fsp3) is 0.174. The number of amides is 2. The molecule has 0 saturated heterocycles. The zero-order chi connectivity index (χ0) is 22.5. The van der Waals surface area contributed by atoms with E-state index in [0.717, 1.165) is 5.56 Å². The summed E-state index contributed by atoms with van der Waals surface area (Å²) in [5.41, 5.74) is 9.02. The van der Waals surface area contributed by atoms with Gasteiger partial charge in [-0.25, -0.2) is 4.39 Å². The van der Waals surface area contributed by atoms with Gasteiger partial charge < -0.3 is 21.4 Å². The molecule has 3 rings (SSSR count). The zero-order valence-corrected chi connectivity index (χ0v) is 17.3. The Balaban J connectivity index is 1.56. The molecule has 6 N–H and O–H groups in total. The van der Waals surface area contributed by atoms with Gasteiger partial charge in [0.05, 0.1) is 0 Å². The average molecular weight is 421 g/mol. The average Bonchev–Trinajstić information content (AvgIpc) is 3.24. The van der Waals surface area contributed by atoms with E-state index in [-0.39, 0.29) is 29.8 Å². The van der Waals surface area contributed by atoms with Crippen LogP contribution in [-0.4, -0.2) is 28.7 Å². The molecular formula is C23H24FN5O2. The molecule has 7 nitrogen and oxygen atoms in total. The van der Waals surface area contributed by atoms with Gasteiger partial charge in [-0.15, -0.1) is 0 Å². The lowest BCUT2D eigenvalue weighted by atomic mass is 10.1. The van der Waals surface area contributed by atoms with E-state index in [1.54, 1.807) is 62.5 Å². The van der Waals surface area contributed by atoms with Crippen molar-refractivity contribution in [2.24, 2.45) is 5.73 Å². The Bertz CT molecular complexity index is 1120. The molecule has 0 aliphatic heterocycles. The van der Waals surface area contributed by atoms with Gasteiger partial charge in [0.15, 0.2) is 0 Å². The number of hydrogen-bond acceptors (Lipinski definition) is 3. The number of carbonyl (C=O) groups is 2. The summed E-state index contributed by atoms with van der Waals surface area (Å²) in [6.07, 6.45) is 1.62. The molecule has 0 bridgehead atoms. The van der Waals surface area contributed by atoms with Crippen molar-refractivity contribution >= 4 is 17.6 Å². The van der Waals surface area contributed by atoms with Gasteiger partial charge in [0, 0.05) is 23.9 Å². The molecular weight excluding hydrogens is 397 g/mol. The molecule has 1 aromatic heterocycles. The fourth-order valence-electron chi connectivity index (χ4n) is 2.95. The van der Waals surface area contributed by atoms with Crippen LogP contribution in [0.4, 0.5) is 4.39 Å². The molecule has 1 heterocycles. The summed E-state index contributed by atoms with van der Waals surface area (Å²) >= 11 is 0. The molecule has 2 amide bonds. The fourth-order valence-corrected chi connectivity index (χ4v) is 2.95. The first-order valence-corrected chi connectivity index (χ1v) is 9.71. The molecule has 0 saturated carbocycles. The van der Waals surface area contributed by atoms with Crippen molar-refractivity contribution in [2.45, 2.75) is 26.4 Å². The van der Waals surface area contributed by atoms with Crippen LogP contribution in [-0.2, 0) is 11.3 Å². The van der Waals surface area contributed by atoms with Crippen LogP contribution >= 0.6 is 0 Å². The van der Waals surface area contributed by atoms with Crippen molar-refractivity contribution in [3.8, 4) is 11.1 Å². The maximum absolute atomic E-state index is 13.8. The maximum atomic E-state index is 13.8. The first-order valence-electron chi connectivity index (χ1n) is 9.71. The Kier molecular flexibility index (Phi) is 6.49. The summed E-state index contributed by atoms with van der Waals surface area (Å²) in [4.78, 5) is 27.7. The highest BCUT2D eigenvalue weighted by Gasteiger charge is 2.18. The summed E-state index contributed by atoms with van der Waals surface area (Å²) in [6.45, 7) is 3.55. The van der Waals surface area contributed by atoms with Gasteiger partial charge in [-0.3, -0.25) is 15.0 Å². The number of nitrogens with one attached hydrogen (secondary N) is 4. The highest BCUT2D eigenvalue weighted by Crippen LogP contribution is 2.22. The Hall–Kier alpha value is -3.94. The lowest BCUT2D eigenvalue weighted by Crippen LogP contribution is -2.44. The molecule has 2 aromatic carbocycles. The SMILES string of the molecule is Cc1ccc(-c2c[nH]c(C(=O)N[C@@H](C)C(=O)NCc3ccc(C(=N)N)cc3)c2)cc1F. The number of halogens is 1. The number of aromatic nitrogens is 1. The number of nitrogens with two attached hydrogens (primary N) is 1. The highest BCUT2D eigenvalue weighted by atomic mass is 19.1. The molecule has 8 heteroatoms. The Morgan fingerprint density at radius 3 is 2.48 bits per heavy atom. The number of benzene rings is 2. The number of carbonyl (C=O) groups excluding carboxylic acids is 2. The number of H-pyrrole nitrogens is 1. The third-order valence-corrected chi connectivity index (χ3v) is 4.91. The minimum atomic E-state index is -0.757. The van der Waals surface area contributed by atoms with Gasteiger partial charge in [0.2, 0.25) is 5.91 Å². The molecule has 0 radical (unpaired) electrons. The van der Waals surface area contributed by atoms with Crippen LogP contribution in [0.1, 0.15) is 34.1 Å².